The molecular formula is C22H25N3O6. The van der Waals surface area contributed by atoms with Gasteiger partial charge in [-0.3, -0.25) is 14.9 Å². The summed E-state index contributed by atoms with van der Waals surface area (Å²) in [5, 5.41) is 14.2. The van der Waals surface area contributed by atoms with Crippen LogP contribution in [0.3, 0.4) is 0 Å². The number of hydrogen-bond donors (Lipinski definition) is 1. The van der Waals surface area contributed by atoms with Crippen LogP contribution in [0.4, 0.5) is 17.1 Å². The molecule has 3 rings (SSSR count). The zero-order valence-electron chi connectivity index (χ0n) is 17.3. The van der Waals surface area contributed by atoms with Crippen LogP contribution < -0.4 is 15.0 Å². The van der Waals surface area contributed by atoms with Crippen LogP contribution in [0.2, 0.25) is 0 Å². The Morgan fingerprint density at radius 3 is 2.58 bits per heavy atom. The molecule has 0 bridgehead atoms. The third-order valence-corrected chi connectivity index (χ3v) is 4.90. The number of benzene rings is 2. The van der Waals surface area contributed by atoms with E-state index in [1.165, 1.54) is 12.1 Å². The standard InChI is InChI=1S/C22H25N3O6/c1-2-30-20-9-5-4-8-17(20)23-21(26)15-31-22(27)16-10-11-18(19(14-16)25(28)29)24-12-6-3-7-13-24/h4-5,8-11,14H,2-3,6-7,12-13,15H2,1H3,(H,23,26). The highest BCUT2D eigenvalue weighted by Gasteiger charge is 2.24. The second-order valence-electron chi connectivity index (χ2n) is 7.06. The molecule has 164 valence electrons. The number of amides is 1. The summed E-state index contributed by atoms with van der Waals surface area (Å²) in [4.78, 5) is 37.6. The minimum Gasteiger partial charge on any atom is -0.492 e. The van der Waals surface area contributed by atoms with Gasteiger partial charge >= 0.3 is 5.97 Å². The quantitative estimate of drug-likeness (QED) is 0.388. The molecule has 9 heteroatoms. The molecule has 0 unspecified atom stereocenters. The fraction of sp³-hybridized carbons (Fsp3) is 0.364. The number of rotatable bonds is 8. The van der Waals surface area contributed by atoms with Gasteiger partial charge in [0.1, 0.15) is 11.4 Å². The third-order valence-electron chi connectivity index (χ3n) is 4.90. The van der Waals surface area contributed by atoms with Crippen molar-refractivity contribution in [2.75, 3.05) is 36.5 Å². The first-order chi connectivity index (χ1) is 15.0. The molecule has 9 nitrogen and oxygen atoms in total. The molecule has 1 heterocycles. The van der Waals surface area contributed by atoms with E-state index in [-0.39, 0.29) is 11.3 Å². The zero-order valence-corrected chi connectivity index (χ0v) is 17.3. The summed E-state index contributed by atoms with van der Waals surface area (Å²) in [6.45, 7) is 3.23. The average molecular weight is 427 g/mol. The Kier molecular flexibility index (Phi) is 7.42. The number of carbonyl (C=O) groups is 2. The van der Waals surface area contributed by atoms with E-state index >= 15 is 0 Å². The molecule has 0 atom stereocenters. The summed E-state index contributed by atoms with van der Waals surface area (Å²) >= 11 is 0. The lowest BCUT2D eigenvalue weighted by Gasteiger charge is -2.28. The van der Waals surface area contributed by atoms with E-state index in [4.69, 9.17) is 9.47 Å². The lowest BCUT2D eigenvalue weighted by atomic mass is 10.1. The second-order valence-corrected chi connectivity index (χ2v) is 7.06. The van der Waals surface area contributed by atoms with Crippen LogP contribution in [0, 0.1) is 10.1 Å². The smallest absolute Gasteiger partial charge is 0.338 e. The van der Waals surface area contributed by atoms with Crippen LogP contribution in [0.1, 0.15) is 36.5 Å². The number of piperidine rings is 1. The molecule has 0 aliphatic carbocycles. The van der Waals surface area contributed by atoms with Crippen molar-refractivity contribution in [1.29, 1.82) is 0 Å². The molecule has 0 spiro atoms. The van der Waals surface area contributed by atoms with Crippen LogP contribution >= 0.6 is 0 Å². The second kappa shape index (κ2) is 10.4. The molecule has 31 heavy (non-hydrogen) atoms. The van der Waals surface area contributed by atoms with Crippen LogP contribution in [0.5, 0.6) is 5.75 Å². The van der Waals surface area contributed by atoms with Crippen LogP contribution in [0.25, 0.3) is 0 Å². The molecular weight excluding hydrogens is 402 g/mol. The summed E-state index contributed by atoms with van der Waals surface area (Å²) in [6.07, 6.45) is 3.05. The van der Waals surface area contributed by atoms with Gasteiger partial charge in [0.2, 0.25) is 0 Å². The van der Waals surface area contributed by atoms with Gasteiger partial charge < -0.3 is 19.7 Å². The maximum absolute atomic E-state index is 12.4. The number of anilines is 2. The summed E-state index contributed by atoms with van der Waals surface area (Å²) in [7, 11) is 0. The number of nitro groups is 1. The molecule has 1 amide bonds. The van der Waals surface area contributed by atoms with Gasteiger partial charge in [-0.2, -0.15) is 0 Å². The molecule has 1 aliphatic rings. The van der Waals surface area contributed by atoms with Gasteiger partial charge in [-0.1, -0.05) is 12.1 Å². The molecule has 1 saturated heterocycles. The van der Waals surface area contributed by atoms with E-state index in [0.717, 1.165) is 32.4 Å². The van der Waals surface area contributed by atoms with Crippen molar-refractivity contribution in [3.63, 3.8) is 0 Å². The summed E-state index contributed by atoms with van der Waals surface area (Å²) in [5.74, 6) is -0.838. The molecule has 1 fully saturated rings. The Morgan fingerprint density at radius 2 is 1.87 bits per heavy atom. The van der Waals surface area contributed by atoms with E-state index in [0.29, 0.717) is 23.7 Å². The largest absolute Gasteiger partial charge is 0.492 e. The van der Waals surface area contributed by atoms with Crippen LogP contribution in [0.15, 0.2) is 42.5 Å². The Balaban J connectivity index is 1.64. The van der Waals surface area contributed by atoms with E-state index in [1.54, 1.807) is 30.3 Å². The predicted octanol–water partition coefficient (Wildman–Crippen LogP) is 3.78. The summed E-state index contributed by atoms with van der Waals surface area (Å²) in [5.41, 5.74) is 0.833. The number of carbonyl (C=O) groups excluding carboxylic acids is 2. The van der Waals surface area contributed by atoms with Gasteiger partial charge in [-0.15, -0.1) is 0 Å². The maximum atomic E-state index is 12.4. The van der Waals surface area contributed by atoms with Crippen molar-refractivity contribution in [3.05, 3.63) is 58.1 Å². The van der Waals surface area contributed by atoms with Gasteiger partial charge in [0, 0.05) is 19.2 Å². The van der Waals surface area contributed by atoms with E-state index < -0.39 is 23.4 Å². The monoisotopic (exact) mass is 427 g/mol. The number of para-hydroxylation sites is 2. The van der Waals surface area contributed by atoms with Crippen molar-refractivity contribution >= 4 is 28.9 Å². The average Bonchev–Trinajstić information content (AvgIpc) is 2.79. The van der Waals surface area contributed by atoms with Crippen molar-refractivity contribution in [3.8, 4) is 5.75 Å². The molecule has 1 aliphatic heterocycles. The topological polar surface area (TPSA) is 111 Å². The maximum Gasteiger partial charge on any atom is 0.338 e. The summed E-state index contributed by atoms with van der Waals surface area (Å²) in [6, 6.07) is 11.2. The van der Waals surface area contributed by atoms with E-state index in [2.05, 4.69) is 5.32 Å². The summed E-state index contributed by atoms with van der Waals surface area (Å²) < 4.78 is 10.5. The van der Waals surface area contributed by atoms with Gasteiger partial charge in [0.05, 0.1) is 22.8 Å². The molecule has 0 radical (unpaired) electrons. The third kappa shape index (κ3) is 5.71. The number of hydrogen-bond acceptors (Lipinski definition) is 7. The molecule has 0 saturated carbocycles. The van der Waals surface area contributed by atoms with Gasteiger partial charge in [-0.05, 0) is 50.5 Å². The van der Waals surface area contributed by atoms with Crippen molar-refractivity contribution in [1.82, 2.24) is 0 Å². The Labute approximate surface area is 180 Å². The molecule has 0 aromatic heterocycles. The zero-order chi connectivity index (χ0) is 22.2. The van der Waals surface area contributed by atoms with Gasteiger partial charge in [0.25, 0.3) is 11.6 Å². The number of esters is 1. The normalized spacial score (nSPS) is 13.4. The van der Waals surface area contributed by atoms with Crippen LogP contribution in [-0.4, -0.2) is 43.1 Å². The highest BCUT2D eigenvalue weighted by molar-refractivity contribution is 5.97. The number of ether oxygens (including phenoxy) is 2. The first-order valence-electron chi connectivity index (χ1n) is 10.2. The minimum atomic E-state index is -0.804. The molecule has 2 aromatic carbocycles. The Hall–Kier alpha value is -3.62. The first kappa shape index (κ1) is 22.1. The fourth-order valence-electron chi connectivity index (χ4n) is 3.45. The molecule has 2 aromatic rings. The van der Waals surface area contributed by atoms with Crippen molar-refractivity contribution < 1.29 is 24.0 Å². The highest BCUT2D eigenvalue weighted by Crippen LogP contribution is 2.31. The van der Waals surface area contributed by atoms with Crippen molar-refractivity contribution in [2.24, 2.45) is 0 Å². The number of nitrogens with zero attached hydrogens (tertiary/aromatic N) is 2. The van der Waals surface area contributed by atoms with Gasteiger partial charge in [-0.25, -0.2) is 4.79 Å². The Bertz CT molecular complexity index is 956. The first-order valence-corrected chi connectivity index (χ1v) is 10.2. The minimum absolute atomic E-state index is 0.0231. The highest BCUT2D eigenvalue weighted by atomic mass is 16.6. The van der Waals surface area contributed by atoms with Crippen molar-refractivity contribution in [2.45, 2.75) is 26.2 Å². The van der Waals surface area contributed by atoms with E-state index in [9.17, 15) is 19.7 Å². The lowest BCUT2D eigenvalue weighted by molar-refractivity contribution is -0.384. The molecule has 1 N–H and O–H groups in total. The lowest BCUT2D eigenvalue weighted by Crippen LogP contribution is -2.30. The van der Waals surface area contributed by atoms with E-state index in [1.807, 2.05) is 11.8 Å². The fourth-order valence-corrected chi connectivity index (χ4v) is 3.45. The predicted molar refractivity (Wildman–Crippen MR) is 116 cm³/mol. The number of nitro benzene ring substituents is 1. The van der Waals surface area contributed by atoms with Gasteiger partial charge in [0.15, 0.2) is 6.61 Å². The SMILES string of the molecule is CCOc1ccccc1NC(=O)COC(=O)c1ccc(N2CCCCC2)c([N+](=O)[O-])c1. The van der Waals surface area contributed by atoms with Crippen LogP contribution in [-0.2, 0) is 9.53 Å². The Morgan fingerprint density at radius 1 is 1.13 bits per heavy atom. The number of nitrogens with one attached hydrogen (secondary N) is 1.